The number of hydrogen-bond donors (Lipinski definition) is 0. The van der Waals surface area contributed by atoms with E-state index in [4.69, 9.17) is 4.42 Å². The summed E-state index contributed by atoms with van der Waals surface area (Å²) in [4.78, 5) is 0. The molecule has 0 aliphatic heterocycles. The molecule has 0 bridgehead atoms. The van der Waals surface area contributed by atoms with Crippen LogP contribution in [0.25, 0.3) is 22.6 Å². The van der Waals surface area contributed by atoms with Crippen LogP contribution in [0.1, 0.15) is 5.56 Å². The van der Waals surface area contributed by atoms with Crippen molar-refractivity contribution in [3.05, 3.63) is 60.5 Å². The van der Waals surface area contributed by atoms with Crippen LogP contribution in [0.2, 0.25) is 0 Å². The van der Waals surface area contributed by atoms with Crippen LogP contribution in [-0.2, 0) is 6.18 Å². The van der Waals surface area contributed by atoms with Gasteiger partial charge in [0.1, 0.15) is 0 Å². The number of benzene rings is 2. The maximum absolute atomic E-state index is 12.6. The van der Waals surface area contributed by atoms with Gasteiger partial charge in [0.05, 0.1) is 11.1 Å². The topological polar surface area (TPSA) is 38.9 Å². The molecule has 0 fully saturated rings. The van der Waals surface area contributed by atoms with E-state index >= 15 is 0 Å². The summed E-state index contributed by atoms with van der Waals surface area (Å²) in [5.74, 6) is 0.269. The molecular weight excluding hydrogens is 281 g/mol. The Labute approximate surface area is 118 Å². The van der Waals surface area contributed by atoms with Crippen molar-refractivity contribution in [2.24, 2.45) is 0 Å². The molecule has 0 spiro atoms. The van der Waals surface area contributed by atoms with E-state index < -0.39 is 11.7 Å². The number of halogens is 3. The Hall–Kier alpha value is -2.63. The van der Waals surface area contributed by atoms with Crippen molar-refractivity contribution in [1.82, 2.24) is 10.2 Å². The fraction of sp³-hybridized carbons (Fsp3) is 0.0667. The Morgan fingerprint density at radius 2 is 1.81 bits per heavy atom. The van der Waals surface area contributed by atoms with E-state index in [2.05, 4.69) is 16.3 Å². The van der Waals surface area contributed by atoms with Gasteiger partial charge in [0, 0.05) is 0 Å². The molecule has 1 radical (unpaired) electrons. The number of alkyl halides is 3. The number of nitrogens with zero attached hydrogens (tertiary/aromatic N) is 2. The van der Waals surface area contributed by atoms with Crippen LogP contribution in [0.5, 0.6) is 0 Å². The van der Waals surface area contributed by atoms with Crippen LogP contribution in [0.15, 0.2) is 53.3 Å². The zero-order valence-corrected chi connectivity index (χ0v) is 10.6. The highest BCUT2D eigenvalue weighted by Crippen LogP contribution is 2.34. The molecule has 6 heteroatoms. The summed E-state index contributed by atoms with van der Waals surface area (Å²) in [6.07, 6.45) is -3.16. The van der Waals surface area contributed by atoms with Crippen LogP contribution in [0.4, 0.5) is 13.2 Å². The lowest BCUT2D eigenvalue weighted by Crippen LogP contribution is -2.04. The molecule has 3 nitrogen and oxygen atoms in total. The summed E-state index contributed by atoms with van der Waals surface area (Å²) in [5, 5.41) is 7.40. The Kier molecular flexibility index (Phi) is 3.21. The average Bonchev–Trinajstić information content (AvgIpc) is 3.01. The van der Waals surface area contributed by atoms with Gasteiger partial charge >= 0.3 is 6.18 Å². The van der Waals surface area contributed by atoms with E-state index in [0.29, 0.717) is 16.7 Å². The largest absolute Gasteiger partial charge is 0.423 e. The van der Waals surface area contributed by atoms with E-state index in [-0.39, 0.29) is 5.89 Å². The van der Waals surface area contributed by atoms with Crippen LogP contribution in [-0.4, -0.2) is 10.2 Å². The predicted octanol–water partition coefficient (Wildman–Crippen LogP) is 4.22. The minimum atomic E-state index is -4.35. The van der Waals surface area contributed by atoms with Crippen molar-refractivity contribution in [3.63, 3.8) is 0 Å². The number of rotatable bonds is 2. The first kappa shape index (κ1) is 13.4. The maximum Gasteiger partial charge on any atom is 0.416 e. The fourth-order valence-electron chi connectivity index (χ4n) is 1.98. The molecule has 2 aromatic carbocycles. The van der Waals surface area contributed by atoms with E-state index in [1.807, 2.05) is 0 Å². The minimum absolute atomic E-state index is 0.269. The smallest absolute Gasteiger partial charge is 0.416 e. The van der Waals surface area contributed by atoms with Crippen LogP contribution >= 0.6 is 0 Å². The second-order valence-corrected chi connectivity index (χ2v) is 4.28. The van der Waals surface area contributed by atoms with E-state index in [9.17, 15) is 13.2 Å². The first-order chi connectivity index (χ1) is 10.1. The van der Waals surface area contributed by atoms with Crippen molar-refractivity contribution < 1.29 is 17.6 Å². The second kappa shape index (κ2) is 5.05. The molecule has 0 saturated heterocycles. The molecule has 105 valence electrons. The summed E-state index contributed by atoms with van der Waals surface area (Å²) >= 11 is 0. The molecule has 0 N–H and O–H groups in total. The molecule has 0 atom stereocenters. The van der Waals surface area contributed by atoms with Gasteiger partial charge in [0.2, 0.25) is 12.3 Å². The SMILES string of the molecule is FC(F)(F)c1ccc(-c2ccc[c]c2-c2nnco2)cc1. The van der Waals surface area contributed by atoms with Crippen molar-refractivity contribution >= 4 is 0 Å². The zero-order valence-electron chi connectivity index (χ0n) is 10.6. The van der Waals surface area contributed by atoms with Gasteiger partial charge in [-0.3, -0.25) is 0 Å². The Bertz CT molecular complexity index is 734. The summed E-state index contributed by atoms with van der Waals surface area (Å²) in [7, 11) is 0. The lowest BCUT2D eigenvalue weighted by Gasteiger charge is -2.09. The van der Waals surface area contributed by atoms with Gasteiger partial charge in [-0.2, -0.15) is 13.2 Å². The van der Waals surface area contributed by atoms with E-state index in [0.717, 1.165) is 12.1 Å². The quantitative estimate of drug-likeness (QED) is 0.709. The summed E-state index contributed by atoms with van der Waals surface area (Å²) in [5.41, 5.74) is 1.16. The van der Waals surface area contributed by atoms with Crippen molar-refractivity contribution in [2.75, 3.05) is 0 Å². The predicted molar refractivity (Wildman–Crippen MR) is 69.0 cm³/mol. The highest BCUT2D eigenvalue weighted by molar-refractivity contribution is 5.79. The van der Waals surface area contributed by atoms with Gasteiger partial charge in [0.15, 0.2) is 0 Å². The van der Waals surface area contributed by atoms with E-state index in [1.54, 1.807) is 18.2 Å². The van der Waals surface area contributed by atoms with Gasteiger partial charge in [-0.1, -0.05) is 30.3 Å². The van der Waals surface area contributed by atoms with Crippen LogP contribution < -0.4 is 0 Å². The molecule has 3 aromatic rings. The molecule has 0 aliphatic carbocycles. The molecule has 0 aliphatic rings. The Balaban J connectivity index is 2.06. The molecular formula is C15H8F3N2O. The molecule has 21 heavy (non-hydrogen) atoms. The minimum Gasteiger partial charge on any atom is -0.423 e. The first-order valence-corrected chi connectivity index (χ1v) is 6.00. The lowest BCUT2D eigenvalue weighted by molar-refractivity contribution is -0.137. The number of hydrogen-bond acceptors (Lipinski definition) is 3. The molecule has 0 amide bonds. The lowest BCUT2D eigenvalue weighted by atomic mass is 9.98. The Morgan fingerprint density at radius 1 is 1.05 bits per heavy atom. The van der Waals surface area contributed by atoms with Crippen molar-refractivity contribution in [3.8, 4) is 22.6 Å². The van der Waals surface area contributed by atoms with Gasteiger partial charge in [-0.05, 0) is 29.3 Å². The summed E-state index contributed by atoms with van der Waals surface area (Å²) in [6.45, 7) is 0. The third-order valence-electron chi connectivity index (χ3n) is 2.95. The highest BCUT2D eigenvalue weighted by Gasteiger charge is 2.30. The van der Waals surface area contributed by atoms with Crippen molar-refractivity contribution in [1.29, 1.82) is 0 Å². The summed E-state index contributed by atoms with van der Waals surface area (Å²) in [6, 6.07) is 13.0. The second-order valence-electron chi connectivity index (χ2n) is 4.28. The van der Waals surface area contributed by atoms with Crippen LogP contribution in [0.3, 0.4) is 0 Å². The first-order valence-electron chi connectivity index (χ1n) is 6.00. The maximum atomic E-state index is 12.6. The Morgan fingerprint density at radius 3 is 2.43 bits per heavy atom. The molecule has 1 heterocycles. The van der Waals surface area contributed by atoms with Crippen LogP contribution in [0, 0.1) is 6.07 Å². The van der Waals surface area contributed by atoms with Gasteiger partial charge in [-0.15, -0.1) is 10.2 Å². The molecule has 3 rings (SSSR count). The summed E-state index contributed by atoms with van der Waals surface area (Å²) < 4.78 is 42.9. The molecule has 1 aromatic heterocycles. The third kappa shape index (κ3) is 2.65. The average molecular weight is 289 g/mol. The fourth-order valence-corrected chi connectivity index (χ4v) is 1.98. The molecule has 0 saturated carbocycles. The van der Waals surface area contributed by atoms with Gasteiger partial charge in [0.25, 0.3) is 0 Å². The highest BCUT2D eigenvalue weighted by atomic mass is 19.4. The molecule has 0 unspecified atom stereocenters. The number of aromatic nitrogens is 2. The monoisotopic (exact) mass is 289 g/mol. The van der Waals surface area contributed by atoms with Gasteiger partial charge < -0.3 is 4.42 Å². The van der Waals surface area contributed by atoms with Crippen molar-refractivity contribution in [2.45, 2.75) is 6.18 Å². The zero-order chi connectivity index (χ0) is 14.9. The van der Waals surface area contributed by atoms with E-state index in [1.165, 1.54) is 18.5 Å². The standard InChI is InChI=1S/C15H8F3N2O/c16-15(17,18)11-7-5-10(6-8-11)12-3-1-2-4-13(12)14-20-19-9-21-14/h1-3,5-9H. The normalized spacial score (nSPS) is 11.6. The third-order valence-corrected chi connectivity index (χ3v) is 2.95. The van der Waals surface area contributed by atoms with Gasteiger partial charge in [-0.25, -0.2) is 0 Å².